The van der Waals surface area contributed by atoms with Crippen molar-refractivity contribution in [2.45, 2.75) is 177 Å². The van der Waals surface area contributed by atoms with Gasteiger partial charge >= 0.3 is 219 Å². The number of rotatable bonds is 25. The van der Waals surface area contributed by atoms with Crippen molar-refractivity contribution in [2.24, 2.45) is 0 Å². The quantitative estimate of drug-likeness (QED) is 0.0431. The van der Waals surface area contributed by atoms with E-state index in [0.29, 0.717) is 0 Å². The minimum atomic E-state index is -2.19. The van der Waals surface area contributed by atoms with Crippen LogP contribution in [0.4, 0.5) is 0 Å². The number of benzene rings is 1. The van der Waals surface area contributed by atoms with Crippen LogP contribution in [0.5, 0.6) is 0 Å². The first-order valence-corrected chi connectivity index (χ1v) is 34.0. The van der Waals surface area contributed by atoms with Crippen molar-refractivity contribution in [3.8, 4) is 19.8 Å². The predicted octanol–water partition coefficient (Wildman–Crippen LogP) is 16.1. The number of hydrogen-bond donors (Lipinski definition) is 0. The summed E-state index contributed by atoms with van der Waals surface area (Å²) in [6.45, 7) is 6.86. The fourth-order valence-corrected chi connectivity index (χ4v) is 17.0. The number of thiazole rings is 2. The summed E-state index contributed by atoms with van der Waals surface area (Å²) in [7, 11) is 0. The second-order valence-electron chi connectivity index (χ2n) is 16.1. The summed E-state index contributed by atoms with van der Waals surface area (Å²) in [5.74, 6) is 0. The summed E-state index contributed by atoms with van der Waals surface area (Å²) in [5, 5.41) is 2.42. The summed E-state index contributed by atoms with van der Waals surface area (Å²) in [5.41, 5.74) is 5.35. The Hall–Kier alpha value is -0.801. The molecule has 0 aliphatic carbocycles. The molecule has 7 heteroatoms. The first-order chi connectivity index (χ1) is 24.8. The molecule has 0 aliphatic rings. The number of hydrogen-bond acceptors (Lipinski definition) is 6. The van der Waals surface area contributed by atoms with E-state index in [4.69, 9.17) is 9.97 Å². The van der Waals surface area contributed by atoms with Gasteiger partial charge in [-0.05, 0) is 25.8 Å². The zero-order valence-corrected chi connectivity index (χ0v) is 39.0. The number of unbranched alkanes of at least 4 members (excludes halogenated alkanes) is 18. The zero-order valence-electron chi connectivity index (χ0n) is 32.9. The van der Waals surface area contributed by atoms with Gasteiger partial charge in [0.05, 0.1) is 0 Å². The molecule has 0 aliphatic heterocycles. The molecule has 0 N–H and O–H groups in total. The third-order valence-corrected chi connectivity index (χ3v) is 24.4. The summed E-state index contributed by atoms with van der Waals surface area (Å²) < 4.78 is 4.24. The SMILES string of the molecule is CCCCCCCCCCCCc1cc(C)sc1-c1nc2cc3sc(-c4s[c]([Sn]([CH3])([CH3])[CH3])cc4CCCCCCCCCCCC)nc3cc2s1. The molecule has 1 aromatic carbocycles. The molecule has 0 spiro atoms. The van der Waals surface area contributed by atoms with Crippen molar-refractivity contribution in [1.29, 1.82) is 0 Å². The molecular formula is C44H66N2S4Sn. The van der Waals surface area contributed by atoms with Gasteiger partial charge in [0, 0.05) is 4.88 Å². The van der Waals surface area contributed by atoms with Crippen LogP contribution in [0.1, 0.15) is 158 Å². The molecule has 5 aromatic rings. The van der Waals surface area contributed by atoms with Crippen molar-refractivity contribution >= 4 is 87.1 Å². The van der Waals surface area contributed by atoms with Crippen LogP contribution in [0.25, 0.3) is 40.2 Å². The van der Waals surface area contributed by atoms with E-state index < -0.39 is 18.4 Å². The molecule has 2 nitrogen and oxygen atoms in total. The fourth-order valence-electron chi connectivity index (χ4n) is 7.25. The molecule has 51 heavy (non-hydrogen) atoms. The van der Waals surface area contributed by atoms with Crippen LogP contribution in [0.15, 0.2) is 24.3 Å². The van der Waals surface area contributed by atoms with E-state index in [1.54, 1.807) is 8.46 Å². The molecule has 280 valence electrons. The Kier molecular flexibility index (Phi) is 17.3. The van der Waals surface area contributed by atoms with Gasteiger partial charge in [0.15, 0.2) is 0 Å². The van der Waals surface area contributed by atoms with Crippen molar-refractivity contribution in [3.63, 3.8) is 0 Å². The van der Waals surface area contributed by atoms with Crippen LogP contribution in [-0.2, 0) is 12.8 Å². The first-order valence-electron chi connectivity index (χ1n) is 20.7. The Morgan fingerprint density at radius 3 is 1.29 bits per heavy atom. The topological polar surface area (TPSA) is 25.8 Å². The molecule has 0 fully saturated rings. The van der Waals surface area contributed by atoms with Crippen LogP contribution in [0.2, 0.25) is 14.8 Å². The fraction of sp³-hybridized carbons (Fsp3) is 0.636. The Morgan fingerprint density at radius 2 is 0.863 bits per heavy atom. The third-order valence-electron chi connectivity index (χ3n) is 10.4. The van der Waals surface area contributed by atoms with Crippen LogP contribution in [-0.4, -0.2) is 28.3 Å². The monoisotopic (exact) mass is 870 g/mol. The van der Waals surface area contributed by atoms with Gasteiger partial charge in [0.1, 0.15) is 0 Å². The second kappa shape index (κ2) is 21.3. The van der Waals surface area contributed by atoms with Crippen LogP contribution >= 0.6 is 45.3 Å². The Labute approximate surface area is 331 Å². The first kappa shape index (κ1) is 41.4. The maximum absolute atomic E-state index is 5.32. The minimum absolute atomic E-state index is 1.14. The molecule has 0 bridgehead atoms. The number of nitrogens with zero attached hydrogens (tertiary/aromatic N) is 2. The molecule has 0 saturated carbocycles. The Bertz CT molecular complexity index is 1700. The zero-order chi connectivity index (χ0) is 36.1. The normalized spacial score (nSPS) is 12.3. The summed E-state index contributed by atoms with van der Waals surface area (Å²) >= 11 is 5.56. The number of fused-ring (bicyclic) bond motifs is 2. The molecular weight excluding hydrogens is 803 g/mol. The Morgan fingerprint density at radius 1 is 0.471 bits per heavy atom. The summed E-state index contributed by atoms with van der Waals surface area (Å²) in [4.78, 5) is 22.5. The van der Waals surface area contributed by atoms with Crippen molar-refractivity contribution in [2.75, 3.05) is 0 Å². The molecule has 0 unspecified atom stereocenters. The van der Waals surface area contributed by atoms with Crippen molar-refractivity contribution in [1.82, 2.24) is 9.97 Å². The van der Waals surface area contributed by atoms with E-state index in [0.717, 1.165) is 11.0 Å². The van der Waals surface area contributed by atoms with Gasteiger partial charge in [-0.3, -0.25) is 0 Å². The van der Waals surface area contributed by atoms with Gasteiger partial charge in [-0.25, -0.2) is 0 Å². The standard InChI is InChI=1S/C41H57N2S4.3CH3.Sn/c1-4-6-8-10-12-14-16-18-20-22-24-32-26-27-44-38(32)40-42-34-29-37-35(30-36(34)46-40)43-41(47-37)39-33(28-31(3)45-39)25-23-21-19-17-15-13-11-9-7-5-2;;;;/h26,28-30H,4-25H2,1-3H3;3*1H3;. The average molecular weight is 870 g/mol. The number of thiophene rings is 2. The van der Waals surface area contributed by atoms with Gasteiger partial charge in [-0.1, -0.05) is 84.5 Å². The van der Waals surface area contributed by atoms with E-state index in [1.807, 2.05) is 34.0 Å². The molecule has 0 radical (unpaired) electrons. The number of aryl methyl sites for hydroxylation is 3. The van der Waals surface area contributed by atoms with Crippen LogP contribution < -0.4 is 2.89 Å². The maximum atomic E-state index is 5.32. The van der Waals surface area contributed by atoms with Crippen LogP contribution in [0.3, 0.4) is 0 Å². The average Bonchev–Trinajstić information content (AvgIpc) is 3.89. The van der Waals surface area contributed by atoms with E-state index >= 15 is 0 Å². The number of aromatic nitrogens is 2. The van der Waals surface area contributed by atoms with E-state index in [9.17, 15) is 0 Å². The summed E-state index contributed by atoms with van der Waals surface area (Å²) in [6.07, 6.45) is 30.1. The van der Waals surface area contributed by atoms with Gasteiger partial charge in [0.2, 0.25) is 0 Å². The molecule has 5 rings (SSSR count). The predicted molar refractivity (Wildman–Crippen MR) is 238 cm³/mol. The van der Waals surface area contributed by atoms with E-state index in [-0.39, 0.29) is 0 Å². The molecule has 0 atom stereocenters. The van der Waals surface area contributed by atoms with Crippen molar-refractivity contribution in [3.05, 3.63) is 40.3 Å². The van der Waals surface area contributed by atoms with E-state index in [1.165, 1.54) is 181 Å². The summed E-state index contributed by atoms with van der Waals surface area (Å²) in [6, 6.07) is 9.68. The molecule has 0 saturated heterocycles. The molecule has 4 aromatic heterocycles. The molecule has 4 heterocycles. The Balaban J connectivity index is 1.21. The van der Waals surface area contributed by atoms with Crippen molar-refractivity contribution < 1.29 is 0 Å². The second-order valence-corrected chi connectivity index (χ2v) is 35.9. The van der Waals surface area contributed by atoms with Gasteiger partial charge in [0.25, 0.3) is 0 Å². The van der Waals surface area contributed by atoms with Crippen LogP contribution in [0, 0.1) is 6.92 Å². The third kappa shape index (κ3) is 12.6. The molecule has 0 amide bonds. The van der Waals surface area contributed by atoms with Gasteiger partial charge < -0.3 is 0 Å². The van der Waals surface area contributed by atoms with Gasteiger partial charge in [-0.15, -0.1) is 0 Å². The van der Waals surface area contributed by atoms with E-state index in [2.05, 4.69) is 71.2 Å². The van der Waals surface area contributed by atoms with Gasteiger partial charge in [-0.2, -0.15) is 0 Å².